The molecule has 6 heteroatoms. The number of carbonyl (C=O) groups excluding carboxylic acids is 2. The van der Waals surface area contributed by atoms with Crippen LogP contribution in [-0.4, -0.2) is 26.2 Å². The lowest BCUT2D eigenvalue weighted by atomic mass is 10.2. The zero-order valence-electron chi connectivity index (χ0n) is 11.0. The highest BCUT2D eigenvalue weighted by Gasteiger charge is 2.03. The lowest BCUT2D eigenvalue weighted by Gasteiger charge is -1.97. The van der Waals surface area contributed by atoms with Crippen LogP contribution in [0.2, 0.25) is 0 Å². The van der Waals surface area contributed by atoms with Crippen LogP contribution >= 0.6 is 23.4 Å². The first-order valence-electron chi connectivity index (χ1n) is 4.52. The zero-order chi connectivity index (χ0) is 11.7. The van der Waals surface area contributed by atoms with Gasteiger partial charge in [0, 0.05) is 0 Å². The van der Waals surface area contributed by atoms with Crippen molar-refractivity contribution in [2.24, 2.45) is 11.8 Å². The Balaban J connectivity index is -0.0000000800. The summed E-state index contributed by atoms with van der Waals surface area (Å²) in [6.45, 7) is 7.19. The fourth-order valence-corrected chi connectivity index (χ4v) is 0.471. The fourth-order valence-electron chi connectivity index (χ4n) is 0.471. The molecule has 0 aliphatic heterocycles. The van der Waals surface area contributed by atoms with Gasteiger partial charge in [-0.2, -0.15) is 23.4 Å². The van der Waals surface area contributed by atoms with Gasteiger partial charge in [-0.15, -0.1) is 0 Å². The van der Waals surface area contributed by atoms with E-state index in [4.69, 9.17) is 0 Å². The maximum absolute atomic E-state index is 10.3. The quantitative estimate of drug-likeness (QED) is 0.568. The summed E-state index contributed by atoms with van der Waals surface area (Å²) in [6.07, 6.45) is 0. The standard InChI is InChI=1S/2C5H10O2.H3P.H2S/c2*1-4(2)5(6)7-3;;/h2*4H,1-3H3;1H3;1H2. The van der Waals surface area contributed by atoms with Crippen molar-refractivity contribution in [2.75, 3.05) is 14.2 Å². The third-order valence-corrected chi connectivity index (χ3v) is 1.35. The smallest absolute Gasteiger partial charge is 0.308 e. The van der Waals surface area contributed by atoms with Crippen LogP contribution in [0.25, 0.3) is 0 Å². The van der Waals surface area contributed by atoms with Crippen molar-refractivity contribution < 1.29 is 19.1 Å². The van der Waals surface area contributed by atoms with Gasteiger partial charge in [-0.1, -0.05) is 27.7 Å². The number of carbonyl (C=O) groups is 2. The van der Waals surface area contributed by atoms with Crippen molar-refractivity contribution >= 4 is 35.3 Å². The second-order valence-corrected chi connectivity index (χ2v) is 3.36. The van der Waals surface area contributed by atoms with Crippen LogP contribution in [0.15, 0.2) is 0 Å². The van der Waals surface area contributed by atoms with Gasteiger partial charge in [-0.05, 0) is 0 Å². The summed E-state index contributed by atoms with van der Waals surface area (Å²) in [7, 11) is 2.78. The molecule has 0 spiro atoms. The van der Waals surface area contributed by atoms with E-state index in [1.54, 1.807) is 27.7 Å². The molecule has 0 saturated heterocycles. The maximum Gasteiger partial charge on any atom is 0.308 e. The van der Waals surface area contributed by atoms with Crippen LogP contribution < -0.4 is 0 Å². The van der Waals surface area contributed by atoms with E-state index in [1.807, 2.05) is 0 Å². The van der Waals surface area contributed by atoms with Crippen molar-refractivity contribution in [3.8, 4) is 0 Å². The Morgan fingerprint density at radius 3 is 1.00 bits per heavy atom. The van der Waals surface area contributed by atoms with Gasteiger partial charge < -0.3 is 9.47 Å². The number of hydrogen-bond acceptors (Lipinski definition) is 4. The fraction of sp³-hybridized carbons (Fsp3) is 0.800. The summed E-state index contributed by atoms with van der Waals surface area (Å²) >= 11 is 0. The SMILES string of the molecule is COC(=O)C(C)C.COC(=O)C(C)C.P.S. The molecule has 1 unspecified atom stereocenters. The van der Waals surface area contributed by atoms with Crippen LogP contribution in [-0.2, 0) is 19.1 Å². The van der Waals surface area contributed by atoms with Crippen molar-refractivity contribution in [3.63, 3.8) is 0 Å². The van der Waals surface area contributed by atoms with E-state index < -0.39 is 0 Å². The summed E-state index contributed by atoms with van der Waals surface area (Å²) in [4.78, 5) is 20.6. The predicted octanol–water partition coefficient (Wildman–Crippen LogP) is 1.80. The molecule has 0 radical (unpaired) electrons. The average Bonchev–Trinajstić information content (AvgIpc) is 2.15. The van der Waals surface area contributed by atoms with E-state index in [0.717, 1.165) is 0 Å². The monoisotopic (exact) mass is 272 g/mol. The molecule has 100 valence electrons. The second-order valence-electron chi connectivity index (χ2n) is 3.36. The number of hydrogen-bond donors (Lipinski definition) is 0. The molecule has 0 aliphatic rings. The highest BCUT2D eigenvalue weighted by atomic mass is 32.1. The number of rotatable bonds is 2. The van der Waals surface area contributed by atoms with Gasteiger partial charge in [0.15, 0.2) is 0 Å². The molecule has 0 fully saturated rings. The van der Waals surface area contributed by atoms with E-state index in [1.165, 1.54) is 14.2 Å². The summed E-state index contributed by atoms with van der Waals surface area (Å²) in [5.74, 6) is -0.296. The highest BCUT2D eigenvalue weighted by molar-refractivity contribution is 7.59. The molecule has 0 aliphatic carbocycles. The lowest BCUT2D eigenvalue weighted by Crippen LogP contribution is -2.07. The van der Waals surface area contributed by atoms with Crippen molar-refractivity contribution in [3.05, 3.63) is 0 Å². The summed E-state index contributed by atoms with van der Waals surface area (Å²) in [6, 6.07) is 0. The minimum atomic E-state index is -0.153. The molecular weight excluding hydrogens is 247 g/mol. The third kappa shape index (κ3) is 16.2. The van der Waals surface area contributed by atoms with E-state index in [0.29, 0.717) is 0 Å². The van der Waals surface area contributed by atoms with Gasteiger partial charge in [0.2, 0.25) is 0 Å². The highest BCUT2D eigenvalue weighted by Crippen LogP contribution is 1.92. The molecule has 0 aromatic rings. The normalized spacial score (nSPS) is 8.00. The van der Waals surface area contributed by atoms with Crippen molar-refractivity contribution in [1.29, 1.82) is 0 Å². The Hall–Kier alpha value is -0.280. The first-order valence-corrected chi connectivity index (χ1v) is 4.52. The molecule has 0 N–H and O–H groups in total. The molecule has 1 atom stereocenters. The molecule has 0 rings (SSSR count). The zero-order valence-corrected chi connectivity index (χ0v) is 13.4. The Labute approximate surface area is 109 Å². The molecule has 0 aromatic carbocycles. The van der Waals surface area contributed by atoms with Crippen LogP contribution in [0.3, 0.4) is 0 Å². The van der Waals surface area contributed by atoms with Crippen LogP contribution in [0.1, 0.15) is 27.7 Å². The number of methoxy groups -OCH3 is 2. The van der Waals surface area contributed by atoms with Gasteiger partial charge in [-0.3, -0.25) is 9.59 Å². The average molecular weight is 272 g/mol. The molecule has 0 aromatic heterocycles. The van der Waals surface area contributed by atoms with Crippen LogP contribution in [0, 0.1) is 11.8 Å². The summed E-state index contributed by atoms with van der Waals surface area (Å²) in [5.41, 5.74) is 0. The second kappa shape index (κ2) is 14.7. The van der Waals surface area contributed by atoms with Gasteiger partial charge in [0.25, 0.3) is 0 Å². The first-order chi connectivity index (χ1) is 6.36. The molecule has 16 heavy (non-hydrogen) atoms. The Morgan fingerprint density at radius 1 is 0.812 bits per heavy atom. The third-order valence-electron chi connectivity index (χ3n) is 1.35. The van der Waals surface area contributed by atoms with Crippen molar-refractivity contribution in [2.45, 2.75) is 27.7 Å². The van der Waals surface area contributed by atoms with Gasteiger partial charge >= 0.3 is 11.9 Å². The van der Waals surface area contributed by atoms with E-state index in [2.05, 4.69) is 9.47 Å². The molecule has 4 nitrogen and oxygen atoms in total. The lowest BCUT2D eigenvalue weighted by molar-refractivity contribution is -0.145. The van der Waals surface area contributed by atoms with Gasteiger partial charge in [-0.25, -0.2) is 0 Å². The summed E-state index contributed by atoms with van der Waals surface area (Å²) < 4.78 is 8.75. The van der Waals surface area contributed by atoms with E-state index >= 15 is 0 Å². The van der Waals surface area contributed by atoms with E-state index in [-0.39, 0.29) is 47.2 Å². The van der Waals surface area contributed by atoms with Gasteiger partial charge in [0.1, 0.15) is 0 Å². The topological polar surface area (TPSA) is 52.6 Å². The largest absolute Gasteiger partial charge is 0.469 e. The van der Waals surface area contributed by atoms with E-state index in [9.17, 15) is 9.59 Å². The van der Waals surface area contributed by atoms with Gasteiger partial charge in [0.05, 0.1) is 26.1 Å². The predicted molar refractivity (Wildman–Crippen MR) is 75.2 cm³/mol. The summed E-state index contributed by atoms with van der Waals surface area (Å²) in [5, 5.41) is 0. The number of ether oxygens (including phenoxy) is 2. The minimum absolute atomic E-state index is 0. The molecule has 0 amide bonds. The molecule has 0 bridgehead atoms. The Bertz CT molecular complexity index is 164. The Morgan fingerprint density at radius 2 is 1.00 bits per heavy atom. The Kier molecular flexibility index (Phi) is 22.8. The molecule has 0 saturated carbocycles. The molecule has 0 heterocycles. The first kappa shape index (κ1) is 24.8. The number of esters is 2. The minimum Gasteiger partial charge on any atom is -0.469 e. The maximum atomic E-state index is 10.3. The molecular formula is C10H25O4PS. The van der Waals surface area contributed by atoms with Crippen LogP contribution in [0.4, 0.5) is 0 Å². The van der Waals surface area contributed by atoms with Crippen molar-refractivity contribution in [1.82, 2.24) is 0 Å². The van der Waals surface area contributed by atoms with Crippen LogP contribution in [0.5, 0.6) is 0 Å².